The summed E-state index contributed by atoms with van der Waals surface area (Å²) in [5.74, 6) is 0. The third-order valence-corrected chi connectivity index (χ3v) is 1.90. The molecule has 0 unspecified atom stereocenters. The molecule has 1 rings (SSSR count). The topological polar surface area (TPSA) is 102 Å². The smallest absolute Gasteiger partial charge is 0.109 e. The Kier molecular flexibility index (Phi) is 2.80. The van der Waals surface area contributed by atoms with Gasteiger partial charge in [-0.15, -0.1) is 0 Å². The number of ether oxygens (including phenoxy) is 1. The van der Waals surface area contributed by atoms with Crippen molar-refractivity contribution >= 4 is 0 Å². The molecule has 1 aliphatic heterocycles. The molecule has 0 aromatic rings. The van der Waals surface area contributed by atoms with Gasteiger partial charge < -0.3 is 26.4 Å². The van der Waals surface area contributed by atoms with E-state index in [1.54, 1.807) is 0 Å². The lowest BCUT2D eigenvalue weighted by Crippen LogP contribution is -2.58. The van der Waals surface area contributed by atoms with Crippen LogP contribution in [0.15, 0.2) is 0 Å². The monoisotopic (exact) mass is 162 g/mol. The number of nitrogens with two attached hydrogens (primary N) is 2. The highest BCUT2D eigenvalue weighted by molar-refractivity contribution is 4.88. The summed E-state index contributed by atoms with van der Waals surface area (Å²) in [5, 5.41) is 18.5. The van der Waals surface area contributed by atoms with Gasteiger partial charge in [-0.25, -0.2) is 0 Å². The van der Waals surface area contributed by atoms with Gasteiger partial charge in [0.15, 0.2) is 0 Å². The Morgan fingerprint density at radius 2 is 2.00 bits per heavy atom. The minimum atomic E-state index is -0.955. The van der Waals surface area contributed by atoms with E-state index < -0.39 is 24.4 Å². The van der Waals surface area contributed by atoms with Crippen LogP contribution in [0.1, 0.15) is 0 Å². The van der Waals surface area contributed by atoms with Crippen molar-refractivity contribution in [2.75, 3.05) is 13.2 Å². The van der Waals surface area contributed by atoms with E-state index in [0.29, 0.717) is 0 Å². The summed E-state index contributed by atoms with van der Waals surface area (Å²) in [7, 11) is 0. The molecular formula is C6H14N2O3. The van der Waals surface area contributed by atoms with Gasteiger partial charge in [0.05, 0.1) is 24.9 Å². The van der Waals surface area contributed by atoms with Crippen LogP contribution in [0.25, 0.3) is 0 Å². The minimum Gasteiger partial charge on any atom is -0.389 e. The van der Waals surface area contributed by atoms with Gasteiger partial charge in [-0.3, -0.25) is 0 Å². The molecule has 1 aliphatic rings. The minimum absolute atomic E-state index is 0.199. The number of aliphatic hydroxyl groups excluding tert-OH is 2. The van der Waals surface area contributed by atoms with Gasteiger partial charge in [0, 0.05) is 6.54 Å². The predicted octanol–water partition coefficient (Wildman–Crippen LogP) is -2.61. The van der Waals surface area contributed by atoms with Gasteiger partial charge in [-0.2, -0.15) is 0 Å². The molecular weight excluding hydrogens is 148 g/mol. The summed E-state index contributed by atoms with van der Waals surface area (Å²) >= 11 is 0. The quantitative estimate of drug-likeness (QED) is 0.338. The second-order valence-corrected chi connectivity index (χ2v) is 2.75. The fraction of sp³-hybridized carbons (Fsp3) is 1.00. The highest BCUT2D eigenvalue weighted by Crippen LogP contribution is 2.12. The summed E-state index contributed by atoms with van der Waals surface area (Å²) in [6, 6.07) is -0.507. The van der Waals surface area contributed by atoms with E-state index in [1.807, 2.05) is 0 Å². The molecule has 4 atom stereocenters. The van der Waals surface area contributed by atoms with Crippen molar-refractivity contribution in [2.24, 2.45) is 11.5 Å². The number of rotatable bonds is 1. The van der Waals surface area contributed by atoms with Gasteiger partial charge >= 0.3 is 0 Å². The van der Waals surface area contributed by atoms with Crippen LogP contribution in [-0.4, -0.2) is 47.7 Å². The Labute approximate surface area is 64.9 Å². The summed E-state index contributed by atoms with van der Waals surface area (Å²) < 4.78 is 5.06. The third kappa shape index (κ3) is 1.69. The maximum atomic E-state index is 9.27. The van der Waals surface area contributed by atoms with Crippen LogP contribution < -0.4 is 11.5 Å². The first-order chi connectivity index (χ1) is 5.16. The number of hydrogen-bond donors (Lipinski definition) is 4. The molecule has 11 heavy (non-hydrogen) atoms. The molecule has 1 saturated heterocycles. The van der Waals surface area contributed by atoms with Gasteiger partial charge in [0.25, 0.3) is 0 Å². The average molecular weight is 162 g/mol. The normalized spacial score (nSPS) is 45.8. The molecule has 0 saturated carbocycles. The Morgan fingerprint density at radius 1 is 1.36 bits per heavy atom. The molecule has 0 amide bonds. The van der Waals surface area contributed by atoms with Crippen LogP contribution in [0.2, 0.25) is 0 Å². The zero-order valence-electron chi connectivity index (χ0n) is 6.18. The molecule has 0 radical (unpaired) electrons. The van der Waals surface area contributed by atoms with Crippen LogP contribution in [-0.2, 0) is 4.74 Å². The zero-order chi connectivity index (χ0) is 8.43. The Bertz CT molecular complexity index is 131. The van der Waals surface area contributed by atoms with Crippen molar-refractivity contribution in [1.29, 1.82) is 0 Å². The number of hydrogen-bond acceptors (Lipinski definition) is 5. The maximum Gasteiger partial charge on any atom is 0.109 e. The first-order valence-electron chi connectivity index (χ1n) is 3.60. The standard InChI is InChI=1S/C6H14N2O3/c7-1-4-6(10)5(9)3(8)2-11-4/h3-6,9-10H,1-2,7-8H2/t3-,4-,5+,6-/m0/s1. The molecule has 1 fully saturated rings. The van der Waals surface area contributed by atoms with Gasteiger partial charge in [-0.05, 0) is 0 Å². The van der Waals surface area contributed by atoms with E-state index in [9.17, 15) is 10.2 Å². The van der Waals surface area contributed by atoms with E-state index in [2.05, 4.69) is 0 Å². The lowest BCUT2D eigenvalue weighted by Gasteiger charge is -2.35. The Hall–Kier alpha value is -0.200. The third-order valence-electron chi connectivity index (χ3n) is 1.90. The number of aliphatic hydroxyl groups is 2. The van der Waals surface area contributed by atoms with Crippen molar-refractivity contribution in [1.82, 2.24) is 0 Å². The maximum absolute atomic E-state index is 9.27. The molecule has 5 heteroatoms. The van der Waals surface area contributed by atoms with Crippen LogP contribution in [0.4, 0.5) is 0 Å². The largest absolute Gasteiger partial charge is 0.389 e. The molecule has 1 heterocycles. The van der Waals surface area contributed by atoms with Crippen molar-refractivity contribution in [3.8, 4) is 0 Å². The summed E-state index contributed by atoms with van der Waals surface area (Å²) in [4.78, 5) is 0. The van der Waals surface area contributed by atoms with Gasteiger partial charge in [0.1, 0.15) is 6.10 Å². The molecule has 0 aromatic carbocycles. The average Bonchev–Trinajstić information content (AvgIpc) is 2.01. The lowest BCUT2D eigenvalue weighted by molar-refractivity contribution is -0.139. The van der Waals surface area contributed by atoms with Crippen LogP contribution >= 0.6 is 0 Å². The molecule has 6 N–H and O–H groups in total. The predicted molar refractivity (Wildman–Crippen MR) is 38.8 cm³/mol. The fourth-order valence-electron chi connectivity index (χ4n) is 1.11. The van der Waals surface area contributed by atoms with Crippen molar-refractivity contribution < 1.29 is 14.9 Å². The van der Waals surface area contributed by atoms with Gasteiger partial charge in [-0.1, -0.05) is 0 Å². The second kappa shape index (κ2) is 3.46. The Balaban J connectivity index is 2.52. The van der Waals surface area contributed by atoms with Gasteiger partial charge in [0.2, 0.25) is 0 Å². The Morgan fingerprint density at radius 3 is 2.55 bits per heavy atom. The molecule has 0 bridgehead atoms. The van der Waals surface area contributed by atoms with Crippen molar-refractivity contribution in [3.63, 3.8) is 0 Å². The summed E-state index contributed by atoms with van der Waals surface area (Å²) in [6.45, 7) is 0.449. The molecule has 0 aliphatic carbocycles. The van der Waals surface area contributed by atoms with E-state index in [4.69, 9.17) is 16.2 Å². The second-order valence-electron chi connectivity index (χ2n) is 2.75. The zero-order valence-corrected chi connectivity index (χ0v) is 6.18. The van der Waals surface area contributed by atoms with Crippen molar-refractivity contribution in [3.05, 3.63) is 0 Å². The first kappa shape index (κ1) is 8.89. The van der Waals surface area contributed by atoms with E-state index in [1.165, 1.54) is 0 Å². The highest BCUT2D eigenvalue weighted by Gasteiger charge is 2.35. The van der Waals surface area contributed by atoms with E-state index in [-0.39, 0.29) is 13.2 Å². The van der Waals surface area contributed by atoms with E-state index >= 15 is 0 Å². The SMILES string of the molecule is NC[C@@H]1OC[C@H](N)[C@@H](O)[C@H]1O. The fourth-order valence-corrected chi connectivity index (χ4v) is 1.11. The lowest BCUT2D eigenvalue weighted by atomic mass is 9.99. The first-order valence-corrected chi connectivity index (χ1v) is 3.60. The summed E-state index contributed by atoms with van der Waals surface area (Å²) in [6.07, 6.45) is -2.36. The summed E-state index contributed by atoms with van der Waals surface area (Å²) in [5.41, 5.74) is 10.7. The molecule has 5 nitrogen and oxygen atoms in total. The van der Waals surface area contributed by atoms with Crippen molar-refractivity contribution in [2.45, 2.75) is 24.4 Å². The molecule has 0 spiro atoms. The highest BCUT2D eigenvalue weighted by atomic mass is 16.5. The molecule has 66 valence electrons. The van der Waals surface area contributed by atoms with Crippen LogP contribution in [0, 0.1) is 0 Å². The van der Waals surface area contributed by atoms with E-state index in [0.717, 1.165) is 0 Å². The van der Waals surface area contributed by atoms with Crippen LogP contribution in [0.3, 0.4) is 0 Å². The van der Waals surface area contributed by atoms with Crippen LogP contribution in [0.5, 0.6) is 0 Å². The molecule has 0 aromatic heterocycles.